The Hall–Kier alpha value is -3.74. The summed E-state index contributed by atoms with van der Waals surface area (Å²) in [6.45, 7) is -0.0645. The van der Waals surface area contributed by atoms with Crippen molar-refractivity contribution >= 4 is 9.84 Å². The maximum atomic E-state index is 12.7. The first kappa shape index (κ1) is 22.5. The Labute approximate surface area is 185 Å². The molecular formula is C20H16F3N5O4S. The fourth-order valence-corrected chi connectivity index (χ4v) is 3.52. The Morgan fingerprint density at radius 3 is 2.42 bits per heavy atom. The molecule has 0 aliphatic carbocycles. The first-order valence-electron chi connectivity index (χ1n) is 9.34. The van der Waals surface area contributed by atoms with Gasteiger partial charge in [0, 0.05) is 31.1 Å². The van der Waals surface area contributed by atoms with E-state index in [1.165, 1.54) is 23.0 Å². The van der Waals surface area contributed by atoms with Gasteiger partial charge in [-0.1, -0.05) is 5.16 Å². The van der Waals surface area contributed by atoms with E-state index >= 15 is 0 Å². The zero-order valence-electron chi connectivity index (χ0n) is 17.2. The van der Waals surface area contributed by atoms with Crippen molar-refractivity contribution in [1.29, 1.82) is 0 Å². The van der Waals surface area contributed by atoms with E-state index in [4.69, 9.17) is 9.26 Å². The van der Waals surface area contributed by atoms with Crippen molar-refractivity contribution < 1.29 is 30.8 Å². The maximum Gasteiger partial charge on any atom is 0.417 e. The first-order valence-corrected chi connectivity index (χ1v) is 11.2. The summed E-state index contributed by atoms with van der Waals surface area (Å²) in [4.78, 5) is 8.18. The summed E-state index contributed by atoms with van der Waals surface area (Å²) in [7, 11) is -1.68. The number of nitrogens with zero attached hydrogens (tertiary/aromatic N) is 5. The lowest BCUT2D eigenvalue weighted by Crippen LogP contribution is -2.07. The van der Waals surface area contributed by atoms with E-state index in [1.54, 1.807) is 19.2 Å². The van der Waals surface area contributed by atoms with E-state index in [-0.39, 0.29) is 29.1 Å². The topological polar surface area (TPSA) is 113 Å². The zero-order valence-corrected chi connectivity index (χ0v) is 18.1. The highest BCUT2D eigenvalue weighted by atomic mass is 32.2. The molecule has 0 unspecified atom stereocenters. The molecule has 0 radical (unpaired) electrons. The van der Waals surface area contributed by atoms with E-state index in [0.29, 0.717) is 23.0 Å². The molecule has 0 saturated heterocycles. The number of aryl methyl sites for hydroxylation is 1. The molecule has 0 bridgehead atoms. The van der Waals surface area contributed by atoms with Crippen LogP contribution in [-0.4, -0.2) is 39.6 Å². The lowest BCUT2D eigenvalue weighted by atomic mass is 10.2. The number of benzene rings is 1. The van der Waals surface area contributed by atoms with Crippen LogP contribution in [0.5, 0.6) is 5.88 Å². The normalized spacial score (nSPS) is 12.2. The van der Waals surface area contributed by atoms with Gasteiger partial charge in [0.2, 0.25) is 11.7 Å². The molecule has 0 aliphatic heterocycles. The van der Waals surface area contributed by atoms with Crippen LogP contribution in [0.2, 0.25) is 0 Å². The molecule has 9 nitrogen and oxygen atoms in total. The number of aromatic nitrogens is 5. The molecule has 0 fully saturated rings. The van der Waals surface area contributed by atoms with Gasteiger partial charge >= 0.3 is 6.18 Å². The summed E-state index contributed by atoms with van der Waals surface area (Å²) in [5.74, 6) is 0.391. The zero-order chi connectivity index (χ0) is 23.8. The van der Waals surface area contributed by atoms with Gasteiger partial charge in [-0.2, -0.15) is 23.3 Å². The van der Waals surface area contributed by atoms with Crippen molar-refractivity contribution in [2.45, 2.75) is 17.7 Å². The van der Waals surface area contributed by atoms with Gasteiger partial charge in [0.1, 0.15) is 6.61 Å². The summed E-state index contributed by atoms with van der Waals surface area (Å²) >= 11 is 0. The molecule has 4 rings (SSSR count). The fourth-order valence-electron chi connectivity index (χ4n) is 2.89. The van der Waals surface area contributed by atoms with Crippen LogP contribution in [-0.2, 0) is 29.7 Å². The first-order chi connectivity index (χ1) is 15.5. The fraction of sp³-hybridized carbons (Fsp3) is 0.200. The average molecular weight is 479 g/mol. The Bertz CT molecular complexity index is 1380. The number of hydrogen-bond donors (Lipinski definition) is 0. The minimum Gasteiger partial charge on any atom is -0.471 e. The molecule has 4 aromatic rings. The third-order valence-electron chi connectivity index (χ3n) is 4.68. The van der Waals surface area contributed by atoms with E-state index in [0.717, 1.165) is 18.4 Å². The molecule has 3 heterocycles. The largest absolute Gasteiger partial charge is 0.471 e. The van der Waals surface area contributed by atoms with E-state index in [2.05, 4.69) is 20.2 Å². The number of ether oxygens (including phenoxy) is 1. The van der Waals surface area contributed by atoms with Gasteiger partial charge in [-0.05, 0) is 30.3 Å². The second kappa shape index (κ2) is 8.31. The number of alkyl halides is 3. The van der Waals surface area contributed by atoms with Crippen LogP contribution in [0.3, 0.4) is 0 Å². The highest BCUT2D eigenvalue weighted by Gasteiger charge is 2.30. The van der Waals surface area contributed by atoms with Gasteiger partial charge in [-0.3, -0.25) is 4.68 Å². The van der Waals surface area contributed by atoms with Crippen molar-refractivity contribution in [2.75, 3.05) is 6.26 Å². The van der Waals surface area contributed by atoms with Gasteiger partial charge in [0.25, 0.3) is 5.89 Å². The molecule has 0 N–H and O–H groups in total. The third kappa shape index (κ3) is 4.87. The second-order valence-corrected chi connectivity index (χ2v) is 9.04. The van der Waals surface area contributed by atoms with E-state index < -0.39 is 21.6 Å². The molecule has 13 heteroatoms. The summed E-state index contributed by atoms with van der Waals surface area (Å²) in [5, 5.41) is 8.07. The predicted octanol–water partition coefficient (Wildman–Crippen LogP) is 3.53. The van der Waals surface area contributed by atoms with Crippen molar-refractivity contribution in [3.8, 4) is 28.7 Å². The monoisotopic (exact) mass is 479 g/mol. The minimum atomic E-state index is -4.48. The Balaban J connectivity index is 1.53. The van der Waals surface area contributed by atoms with Crippen LogP contribution < -0.4 is 4.74 Å². The number of halogens is 3. The summed E-state index contributed by atoms with van der Waals surface area (Å²) in [6.07, 6.45) is -1.19. The van der Waals surface area contributed by atoms with Gasteiger partial charge in [-0.25, -0.2) is 13.4 Å². The second-order valence-electron chi connectivity index (χ2n) is 7.02. The summed E-state index contributed by atoms with van der Waals surface area (Å²) < 4.78 is 73.6. The van der Waals surface area contributed by atoms with Crippen LogP contribution in [0, 0.1) is 0 Å². The van der Waals surface area contributed by atoms with Gasteiger partial charge < -0.3 is 9.26 Å². The van der Waals surface area contributed by atoms with E-state index in [1.807, 2.05) is 0 Å². The van der Waals surface area contributed by atoms with Crippen molar-refractivity contribution in [3.05, 3.63) is 60.0 Å². The number of hydrogen-bond acceptors (Lipinski definition) is 8. The lowest BCUT2D eigenvalue weighted by molar-refractivity contribution is -0.137. The van der Waals surface area contributed by atoms with Crippen LogP contribution in [0.1, 0.15) is 11.3 Å². The predicted molar refractivity (Wildman–Crippen MR) is 109 cm³/mol. The maximum absolute atomic E-state index is 12.7. The third-order valence-corrected chi connectivity index (χ3v) is 5.81. The molecular weight excluding hydrogens is 463 g/mol. The number of pyridine rings is 1. The number of sulfone groups is 1. The van der Waals surface area contributed by atoms with Gasteiger partial charge in [0.15, 0.2) is 9.84 Å². The standard InChI is InChI=1S/C20H16F3N5O4S/c1-28-16(11-31-17-8-5-13(9-24-17)20(21,22)23)15(10-25-28)19-26-18(27-32-19)12-3-6-14(7-4-12)33(2,29)30/h3-10H,11H2,1-2H3. The molecule has 0 saturated carbocycles. The molecule has 0 spiro atoms. The minimum absolute atomic E-state index is 0.00679. The van der Waals surface area contributed by atoms with Crippen molar-refractivity contribution in [3.63, 3.8) is 0 Å². The van der Waals surface area contributed by atoms with Crippen molar-refractivity contribution in [1.82, 2.24) is 24.9 Å². The average Bonchev–Trinajstić information content (AvgIpc) is 3.38. The van der Waals surface area contributed by atoms with Gasteiger partial charge in [-0.15, -0.1) is 0 Å². The quantitative estimate of drug-likeness (QED) is 0.413. The Kier molecular flexibility index (Phi) is 5.66. The van der Waals surface area contributed by atoms with Crippen LogP contribution >= 0.6 is 0 Å². The lowest BCUT2D eigenvalue weighted by Gasteiger charge is -2.09. The SMILES string of the molecule is Cn1ncc(-c2nc(-c3ccc(S(C)(=O)=O)cc3)no2)c1COc1ccc(C(F)(F)F)cn1. The van der Waals surface area contributed by atoms with Gasteiger partial charge in [0.05, 0.1) is 27.9 Å². The highest BCUT2D eigenvalue weighted by Crippen LogP contribution is 2.30. The van der Waals surface area contributed by atoms with Crippen LogP contribution in [0.4, 0.5) is 13.2 Å². The molecule has 0 amide bonds. The number of rotatable bonds is 6. The smallest absolute Gasteiger partial charge is 0.417 e. The molecule has 33 heavy (non-hydrogen) atoms. The Morgan fingerprint density at radius 2 is 1.82 bits per heavy atom. The Morgan fingerprint density at radius 1 is 1.09 bits per heavy atom. The molecule has 0 atom stereocenters. The highest BCUT2D eigenvalue weighted by molar-refractivity contribution is 7.90. The van der Waals surface area contributed by atoms with E-state index in [9.17, 15) is 21.6 Å². The van der Waals surface area contributed by atoms with Crippen LogP contribution in [0.25, 0.3) is 22.8 Å². The van der Waals surface area contributed by atoms with Crippen molar-refractivity contribution in [2.24, 2.45) is 7.05 Å². The summed E-state index contributed by atoms with van der Waals surface area (Å²) in [6, 6.07) is 8.03. The van der Waals surface area contributed by atoms with Crippen LogP contribution in [0.15, 0.2) is 58.2 Å². The molecule has 3 aromatic heterocycles. The molecule has 1 aromatic carbocycles. The molecule has 0 aliphatic rings. The summed E-state index contributed by atoms with van der Waals surface area (Å²) in [5.41, 5.74) is 0.669. The molecule has 172 valence electrons.